The van der Waals surface area contributed by atoms with Crippen molar-refractivity contribution in [3.05, 3.63) is 57.6 Å². The highest BCUT2D eigenvalue weighted by atomic mass is 79.9. The number of hydrogen-bond acceptors (Lipinski definition) is 3. The van der Waals surface area contributed by atoms with Crippen molar-refractivity contribution in [2.75, 3.05) is 10.7 Å². The molecule has 0 saturated heterocycles. The summed E-state index contributed by atoms with van der Waals surface area (Å²) in [7, 11) is 0. The van der Waals surface area contributed by atoms with Crippen LogP contribution in [0.25, 0.3) is 0 Å². The molecular formula is C14H12BrF2N3O. The molecule has 0 bridgehead atoms. The van der Waals surface area contributed by atoms with Gasteiger partial charge in [0.15, 0.2) is 0 Å². The molecule has 1 amide bonds. The van der Waals surface area contributed by atoms with Crippen molar-refractivity contribution in [2.45, 2.75) is 6.92 Å². The van der Waals surface area contributed by atoms with Crippen molar-refractivity contribution >= 4 is 33.2 Å². The summed E-state index contributed by atoms with van der Waals surface area (Å²) in [5.74, 6) is 3.19. The summed E-state index contributed by atoms with van der Waals surface area (Å²) < 4.78 is 26.9. The second-order valence-electron chi connectivity index (χ2n) is 4.39. The summed E-state index contributed by atoms with van der Waals surface area (Å²) in [6.45, 7) is 1.81. The van der Waals surface area contributed by atoms with Crippen molar-refractivity contribution in [1.29, 1.82) is 0 Å². The largest absolute Gasteiger partial charge is 0.323 e. The van der Waals surface area contributed by atoms with E-state index in [0.29, 0.717) is 11.8 Å². The Morgan fingerprint density at radius 1 is 1.14 bits per heavy atom. The van der Waals surface area contributed by atoms with Gasteiger partial charge in [-0.2, -0.15) is 0 Å². The summed E-state index contributed by atoms with van der Waals surface area (Å²) in [5.41, 5.74) is 3.78. The minimum absolute atomic E-state index is 0.0561. The monoisotopic (exact) mass is 355 g/mol. The lowest BCUT2D eigenvalue weighted by atomic mass is 10.1. The third kappa shape index (κ3) is 3.37. The second kappa shape index (κ2) is 6.19. The fourth-order valence-electron chi connectivity index (χ4n) is 1.78. The molecule has 21 heavy (non-hydrogen) atoms. The Bertz CT molecular complexity index is 707. The topological polar surface area (TPSA) is 67.1 Å². The quantitative estimate of drug-likeness (QED) is 0.448. The maximum absolute atomic E-state index is 13.7. The fourth-order valence-corrected chi connectivity index (χ4v) is 2.12. The van der Waals surface area contributed by atoms with E-state index in [4.69, 9.17) is 5.84 Å². The molecule has 0 radical (unpaired) electrons. The fraction of sp³-hybridized carbons (Fsp3) is 0.0714. The van der Waals surface area contributed by atoms with E-state index in [9.17, 15) is 13.6 Å². The van der Waals surface area contributed by atoms with Gasteiger partial charge in [-0.15, -0.1) is 0 Å². The van der Waals surface area contributed by atoms with E-state index in [1.807, 2.05) is 6.92 Å². The van der Waals surface area contributed by atoms with Crippen LogP contribution in [-0.4, -0.2) is 5.91 Å². The first-order valence-electron chi connectivity index (χ1n) is 5.95. The first-order valence-corrected chi connectivity index (χ1v) is 6.75. The number of nitrogens with two attached hydrogens (primary N) is 1. The number of nitrogen functional groups attached to an aromatic ring is 1. The van der Waals surface area contributed by atoms with Crippen molar-refractivity contribution in [1.82, 2.24) is 0 Å². The minimum Gasteiger partial charge on any atom is -0.323 e. The number of hydrogen-bond donors (Lipinski definition) is 3. The molecule has 0 spiro atoms. The van der Waals surface area contributed by atoms with Crippen molar-refractivity contribution in [3.8, 4) is 0 Å². The molecule has 0 heterocycles. The van der Waals surface area contributed by atoms with Crippen molar-refractivity contribution in [3.63, 3.8) is 0 Å². The summed E-state index contributed by atoms with van der Waals surface area (Å²) >= 11 is 2.94. The van der Waals surface area contributed by atoms with E-state index in [2.05, 4.69) is 26.7 Å². The predicted octanol–water partition coefficient (Wildman–Crippen LogP) is 3.57. The lowest BCUT2D eigenvalue weighted by molar-refractivity contribution is 0.102. The van der Waals surface area contributed by atoms with Crippen LogP contribution in [0.1, 0.15) is 15.9 Å². The average Bonchev–Trinajstić information content (AvgIpc) is 2.44. The number of nitrogens with one attached hydrogen (secondary N) is 2. The molecule has 0 aliphatic rings. The highest BCUT2D eigenvalue weighted by Gasteiger charge is 2.15. The van der Waals surface area contributed by atoms with Gasteiger partial charge in [0.05, 0.1) is 21.4 Å². The Morgan fingerprint density at radius 2 is 1.86 bits per heavy atom. The zero-order valence-electron chi connectivity index (χ0n) is 11.0. The van der Waals surface area contributed by atoms with Gasteiger partial charge in [0.2, 0.25) is 0 Å². The van der Waals surface area contributed by atoms with Gasteiger partial charge in [0.25, 0.3) is 5.91 Å². The molecule has 110 valence electrons. The van der Waals surface area contributed by atoms with E-state index >= 15 is 0 Å². The van der Waals surface area contributed by atoms with E-state index in [-0.39, 0.29) is 15.7 Å². The second-order valence-corrected chi connectivity index (χ2v) is 5.25. The van der Waals surface area contributed by atoms with E-state index < -0.39 is 17.5 Å². The van der Waals surface area contributed by atoms with Crippen LogP contribution in [-0.2, 0) is 0 Å². The maximum atomic E-state index is 13.7. The molecule has 0 saturated carbocycles. The highest BCUT2D eigenvalue weighted by molar-refractivity contribution is 9.10. The molecule has 0 aliphatic carbocycles. The number of carbonyl (C=O) groups excluding carboxylic acids is 1. The Hall–Kier alpha value is -1.99. The number of anilines is 2. The molecule has 0 aliphatic heterocycles. The molecule has 2 aromatic rings. The van der Waals surface area contributed by atoms with Crippen LogP contribution in [0, 0.1) is 18.6 Å². The molecule has 0 aromatic heterocycles. The SMILES string of the molecule is Cc1ccc(NN)c(C(=O)Nc2cc(Br)c(F)cc2F)c1. The molecule has 0 unspecified atom stereocenters. The molecule has 2 aromatic carbocycles. The van der Waals surface area contributed by atoms with Crippen LogP contribution in [0.5, 0.6) is 0 Å². The number of halogens is 3. The highest BCUT2D eigenvalue weighted by Crippen LogP contribution is 2.25. The van der Waals surface area contributed by atoms with Gasteiger partial charge in [-0.05, 0) is 41.1 Å². The number of benzene rings is 2. The lowest BCUT2D eigenvalue weighted by Gasteiger charge is -2.11. The Labute approximate surface area is 128 Å². The van der Waals surface area contributed by atoms with Gasteiger partial charge >= 0.3 is 0 Å². The molecule has 0 fully saturated rings. The molecule has 2 rings (SSSR count). The molecule has 4 N–H and O–H groups in total. The first-order chi connectivity index (χ1) is 9.92. The van der Waals surface area contributed by atoms with Crippen LogP contribution >= 0.6 is 15.9 Å². The van der Waals surface area contributed by atoms with Crippen LogP contribution in [0.4, 0.5) is 20.2 Å². The van der Waals surface area contributed by atoms with Gasteiger partial charge in [-0.25, -0.2) is 8.78 Å². The Morgan fingerprint density at radius 3 is 2.52 bits per heavy atom. The van der Waals surface area contributed by atoms with Gasteiger partial charge < -0.3 is 10.7 Å². The molecule has 4 nitrogen and oxygen atoms in total. The summed E-state index contributed by atoms with van der Waals surface area (Å²) in [6, 6.07) is 6.88. The summed E-state index contributed by atoms with van der Waals surface area (Å²) in [4.78, 5) is 12.2. The van der Waals surface area contributed by atoms with E-state index in [0.717, 1.165) is 11.6 Å². The predicted molar refractivity (Wildman–Crippen MR) is 81.0 cm³/mol. The van der Waals surface area contributed by atoms with Gasteiger partial charge in [-0.3, -0.25) is 10.6 Å². The maximum Gasteiger partial charge on any atom is 0.257 e. The van der Waals surface area contributed by atoms with Crippen LogP contribution in [0.15, 0.2) is 34.8 Å². The van der Waals surface area contributed by atoms with Gasteiger partial charge in [0, 0.05) is 6.07 Å². The summed E-state index contributed by atoms with van der Waals surface area (Å²) in [6.07, 6.45) is 0. The number of hydrazine groups is 1. The molecule has 0 atom stereocenters. The normalized spacial score (nSPS) is 10.3. The smallest absolute Gasteiger partial charge is 0.257 e. The van der Waals surface area contributed by atoms with Crippen molar-refractivity contribution in [2.24, 2.45) is 5.84 Å². The van der Waals surface area contributed by atoms with Gasteiger partial charge in [-0.1, -0.05) is 11.6 Å². The zero-order chi connectivity index (χ0) is 15.6. The number of carbonyl (C=O) groups is 1. The Kier molecular flexibility index (Phi) is 4.54. The third-order valence-electron chi connectivity index (χ3n) is 2.83. The zero-order valence-corrected chi connectivity index (χ0v) is 12.6. The molecule has 7 heteroatoms. The standard InChI is InChI=1S/C14H12BrF2N3O/c1-7-2-3-12(20-18)8(4-7)14(21)19-13-5-9(15)10(16)6-11(13)17/h2-6,20H,18H2,1H3,(H,19,21). The minimum atomic E-state index is -0.862. The van der Waals surface area contributed by atoms with Crippen LogP contribution in [0.2, 0.25) is 0 Å². The van der Waals surface area contributed by atoms with Gasteiger partial charge in [0.1, 0.15) is 11.6 Å². The molecular weight excluding hydrogens is 344 g/mol. The first kappa shape index (κ1) is 15.4. The van der Waals surface area contributed by atoms with E-state index in [1.165, 1.54) is 0 Å². The number of amides is 1. The van der Waals surface area contributed by atoms with Crippen LogP contribution in [0.3, 0.4) is 0 Å². The third-order valence-corrected chi connectivity index (χ3v) is 3.44. The van der Waals surface area contributed by atoms with E-state index in [1.54, 1.807) is 18.2 Å². The Balaban J connectivity index is 2.34. The number of rotatable bonds is 3. The number of aryl methyl sites for hydroxylation is 1. The van der Waals surface area contributed by atoms with Crippen LogP contribution < -0.4 is 16.6 Å². The van der Waals surface area contributed by atoms with Crippen molar-refractivity contribution < 1.29 is 13.6 Å². The lowest BCUT2D eigenvalue weighted by Crippen LogP contribution is -2.18. The summed E-state index contributed by atoms with van der Waals surface area (Å²) in [5, 5.41) is 2.39. The average molecular weight is 356 g/mol.